The minimum atomic E-state index is -5.03. The van der Waals surface area contributed by atoms with E-state index in [1.807, 2.05) is 0 Å². The van der Waals surface area contributed by atoms with Crippen LogP contribution < -0.4 is 0 Å². The Bertz CT molecular complexity index is 400. The van der Waals surface area contributed by atoms with E-state index in [-0.39, 0.29) is 18.1 Å². The van der Waals surface area contributed by atoms with Crippen molar-refractivity contribution in [1.29, 1.82) is 0 Å². The minimum Gasteiger partial charge on any atom is -0.726 e. The quantitative estimate of drug-likeness (QED) is 0.205. The summed E-state index contributed by atoms with van der Waals surface area (Å²) >= 11 is 0. The normalized spacial score (nSPS) is 34.1. The van der Waals surface area contributed by atoms with Gasteiger partial charge >= 0.3 is 0 Å². The number of rotatable bonds is 7. The van der Waals surface area contributed by atoms with Crippen LogP contribution in [0.2, 0.25) is 0 Å². The van der Waals surface area contributed by atoms with Gasteiger partial charge in [0.05, 0.1) is 6.61 Å². The van der Waals surface area contributed by atoms with Crippen molar-refractivity contribution in [2.24, 2.45) is 0 Å². The highest BCUT2D eigenvalue weighted by Gasteiger charge is 2.50. The maximum Gasteiger partial charge on any atom is 0.218 e. The highest BCUT2D eigenvalue weighted by molar-refractivity contribution is 7.97. The smallest absolute Gasteiger partial charge is 0.218 e. The van der Waals surface area contributed by atoms with Crippen LogP contribution in [-0.2, 0) is 25.5 Å². The fraction of sp³-hybridized carbons (Fsp3) is 1.00. The highest BCUT2D eigenvalue weighted by atomic mass is 32.3. The van der Waals surface area contributed by atoms with Gasteiger partial charge in [-0.05, 0) is 0 Å². The SMILES string of the molecule is O=S(=O)([O-])O[C@@H](C[OH2+])[C@H](O)C[S+]1C[C@@H](O)[C@@H](O)[C@H]1CO. The Morgan fingerprint density at radius 3 is 2.50 bits per heavy atom. The molecule has 120 valence electrons. The molecule has 0 spiro atoms. The zero-order valence-electron chi connectivity index (χ0n) is 10.5. The van der Waals surface area contributed by atoms with Crippen LogP contribution in [0.15, 0.2) is 0 Å². The largest absolute Gasteiger partial charge is 0.726 e. The number of hydrogen-bond donors (Lipinski definition) is 4. The van der Waals surface area contributed by atoms with Crippen molar-refractivity contribution in [2.75, 3.05) is 24.7 Å². The van der Waals surface area contributed by atoms with E-state index in [4.69, 9.17) is 10.2 Å². The van der Waals surface area contributed by atoms with Gasteiger partial charge in [0.25, 0.3) is 0 Å². The lowest BCUT2D eigenvalue weighted by molar-refractivity contribution is 0.0105. The van der Waals surface area contributed by atoms with E-state index >= 15 is 0 Å². The summed E-state index contributed by atoms with van der Waals surface area (Å²) in [7, 11) is -5.80. The van der Waals surface area contributed by atoms with Crippen molar-refractivity contribution < 1.29 is 42.7 Å². The topological polar surface area (TPSA) is 170 Å². The van der Waals surface area contributed by atoms with Crippen LogP contribution in [0.5, 0.6) is 0 Å². The van der Waals surface area contributed by atoms with Crippen molar-refractivity contribution >= 4 is 21.3 Å². The lowest BCUT2D eigenvalue weighted by Crippen LogP contribution is -2.42. The molecule has 6 N–H and O–H groups in total. The van der Waals surface area contributed by atoms with Crippen LogP contribution in [0, 0.1) is 0 Å². The van der Waals surface area contributed by atoms with E-state index in [0.717, 1.165) is 0 Å². The molecule has 0 aliphatic carbocycles. The Kier molecular flexibility index (Phi) is 6.63. The van der Waals surface area contributed by atoms with E-state index in [1.165, 1.54) is 0 Å². The summed E-state index contributed by atoms with van der Waals surface area (Å²) in [6.07, 6.45) is -5.05. The van der Waals surface area contributed by atoms with Crippen molar-refractivity contribution in [1.82, 2.24) is 0 Å². The number of aliphatic hydroxyl groups excluding tert-OH is 4. The summed E-state index contributed by atoms with van der Waals surface area (Å²) < 4.78 is 35.5. The maximum absolute atomic E-state index is 10.5. The Hall–Kier alpha value is 0.0200. The predicted molar refractivity (Wildman–Crippen MR) is 69.0 cm³/mol. The third kappa shape index (κ3) is 4.79. The van der Waals surface area contributed by atoms with Crippen molar-refractivity contribution in [2.45, 2.75) is 29.7 Å². The van der Waals surface area contributed by atoms with Gasteiger partial charge in [0.15, 0.2) is 18.0 Å². The van der Waals surface area contributed by atoms with Gasteiger partial charge < -0.3 is 30.1 Å². The van der Waals surface area contributed by atoms with E-state index in [2.05, 4.69) is 4.18 Å². The summed E-state index contributed by atoms with van der Waals surface area (Å²) in [5.74, 6) is 0.0801. The molecule has 0 amide bonds. The predicted octanol–water partition coefficient (Wildman–Crippen LogP) is -4.37. The average Bonchev–Trinajstić information content (AvgIpc) is 2.60. The van der Waals surface area contributed by atoms with Crippen LogP contribution in [0.25, 0.3) is 0 Å². The fourth-order valence-corrected chi connectivity index (χ4v) is 5.21. The molecule has 6 atom stereocenters. The second-order valence-electron chi connectivity index (χ2n) is 4.46. The molecule has 1 fully saturated rings. The van der Waals surface area contributed by atoms with Gasteiger partial charge in [-0.1, -0.05) is 0 Å². The molecule has 0 aromatic carbocycles. The van der Waals surface area contributed by atoms with Crippen LogP contribution in [0.1, 0.15) is 0 Å². The molecule has 1 saturated heterocycles. The van der Waals surface area contributed by atoms with Gasteiger partial charge in [-0.2, -0.15) is 0 Å². The molecule has 1 rings (SSSR count). The molecule has 0 aromatic rings. The van der Waals surface area contributed by atoms with Gasteiger partial charge in [0, 0.05) is 10.9 Å². The van der Waals surface area contributed by atoms with Crippen LogP contribution in [0.4, 0.5) is 0 Å². The zero-order chi connectivity index (χ0) is 15.5. The fourth-order valence-electron chi connectivity index (χ4n) is 2.00. The molecule has 11 heteroatoms. The van der Waals surface area contributed by atoms with Crippen LogP contribution >= 0.6 is 0 Å². The average molecular weight is 335 g/mol. The molecule has 1 aliphatic rings. The van der Waals surface area contributed by atoms with Gasteiger partial charge in [-0.3, -0.25) is 4.18 Å². The molecule has 0 saturated carbocycles. The molecule has 20 heavy (non-hydrogen) atoms. The van der Waals surface area contributed by atoms with E-state index in [1.54, 1.807) is 0 Å². The van der Waals surface area contributed by atoms with E-state index < -0.39 is 57.6 Å². The summed E-state index contributed by atoms with van der Waals surface area (Å²) in [6.45, 7) is -1.02. The number of aliphatic hydroxyl groups is 4. The van der Waals surface area contributed by atoms with Crippen LogP contribution in [-0.4, -0.2) is 92.9 Å². The van der Waals surface area contributed by atoms with Crippen LogP contribution in [0.3, 0.4) is 0 Å². The molecule has 1 unspecified atom stereocenters. The van der Waals surface area contributed by atoms with Gasteiger partial charge in [-0.25, -0.2) is 8.42 Å². The Morgan fingerprint density at radius 2 is 2.05 bits per heavy atom. The maximum atomic E-state index is 10.5. The summed E-state index contributed by atoms with van der Waals surface area (Å²) in [5.41, 5.74) is 0. The second kappa shape index (κ2) is 7.33. The highest BCUT2D eigenvalue weighted by Crippen LogP contribution is 2.25. The second-order valence-corrected chi connectivity index (χ2v) is 7.82. The van der Waals surface area contributed by atoms with Crippen molar-refractivity contribution in [3.8, 4) is 0 Å². The lowest BCUT2D eigenvalue weighted by atomic mass is 10.2. The third-order valence-electron chi connectivity index (χ3n) is 3.02. The first-order chi connectivity index (χ1) is 9.19. The first-order valence-electron chi connectivity index (χ1n) is 5.79. The molecule has 1 heterocycles. The Labute approximate surface area is 119 Å². The third-order valence-corrected chi connectivity index (χ3v) is 6.33. The molecular weight excluding hydrogens is 316 g/mol. The minimum absolute atomic E-state index is 0.0710. The Morgan fingerprint density at radius 1 is 1.45 bits per heavy atom. The Balaban J connectivity index is 2.66. The monoisotopic (exact) mass is 335 g/mol. The van der Waals surface area contributed by atoms with Gasteiger partial charge in [0.1, 0.15) is 29.8 Å². The molecule has 9 nitrogen and oxygen atoms in total. The molecule has 0 aromatic heterocycles. The molecule has 1 aliphatic heterocycles. The van der Waals surface area contributed by atoms with Crippen molar-refractivity contribution in [3.63, 3.8) is 0 Å². The standard InChI is InChI=1S/C9H18O9S2/c10-1-7(18-20(15,16)17)5(12)3-19-4-6(13)9(14)8(19)2-11/h5-14H,1-4H2/p+1/t5-,6-,7+,8-,9-,19?/m1/s1. The van der Waals surface area contributed by atoms with Gasteiger partial charge in [-0.15, -0.1) is 0 Å². The van der Waals surface area contributed by atoms with Crippen molar-refractivity contribution in [3.05, 3.63) is 0 Å². The summed E-state index contributed by atoms with van der Waals surface area (Å²) in [4.78, 5) is 0. The first-order valence-corrected chi connectivity index (χ1v) is 8.75. The molecule has 0 bridgehead atoms. The summed E-state index contributed by atoms with van der Waals surface area (Å²) in [5, 5.41) is 44.6. The number of hydrogen-bond acceptors (Lipinski definition) is 8. The molecule has 0 radical (unpaired) electrons. The molecular formula is C9H19O9S2+. The van der Waals surface area contributed by atoms with Gasteiger partial charge in [0.2, 0.25) is 10.4 Å². The zero-order valence-corrected chi connectivity index (χ0v) is 12.1. The first kappa shape index (κ1) is 18.1. The van der Waals surface area contributed by atoms with E-state index in [9.17, 15) is 28.3 Å². The van der Waals surface area contributed by atoms with E-state index in [0.29, 0.717) is 0 Å². The summed E-state index contributed by atoms with van der Waals surface area (Å²) in [6, 6.07) is 0. The lowest BCUT2D eigenvalue weighted by Gasteiger charge is -2.21.